The van der Waals surface area contributed by atoms with E-state index in [1.165, 1.54) is 0 Å². The summed E-state index contributed by atoms with van der Waals surface area (Å²) in [6.07, 6.45) is 1.90. The van der Waals surface area contributed by atoms with Gasteiger partial charge >= 0.3 is 5.97 Å². The number of ketones is 2. The first-order valence-corrected chi connectivity index (χ1v) is 14.5. The van der Waals surface area contributed by atoms with E-state index in [-0.39, 0.29) is 42.9 Å². The van der Waals surface area contributed by atoms with E-state index < -0.39 is 17.6 Å². The van der Waals surface area contributed by atoms with Crippen LogP contribution in [-0.2, 0) is 27.4 Å². The zero-order chi connectivity index (χ0) is 30.1. The van der Waals surface area contributed by atoms with Gasteiger partial charge in [0.2, 0.25) is 0 Å². The van der Waals surface area contributed by atoms with Crippen LogP contribution in [0.25, 0.3) is 0 Å². The lowest BCUT2D eigenvalue weighted by molar-refractivity contribution is -0.147. The molecule has 3 aromatic rings. The van der Waals surface area contributed by atoms with E-state index in [0.29, 0.717) is 36.9 Å². The number of esters is 1. The Kier molecular flexibility index (Phi) is 10.4. The monoisotopic (exact) mass is 565 g/mol. The molecule has 0 saturated carbocycles. The molecule has 0 spiro atoms. The highest BCUT2D eigenvalue weighted by Gasteiger charge is 2.41. The van der Waals surface area contributed by atoms with Gasteiger partial charge in [-0.15, -0.1) is 0 Å². The third-order valence-electron chi connectivity index (χ3n) is 7.73. The molecule has 0 radical (unpaired) electrons. The van der Waals surface area contributed by atoms with Crippen molar-refractivity contribution in [2.75, 3.05) is 6.54 Å². The fourth-order valence-corrected chi connectivity index (χ4v) is 5.63. The Morgan fingerprint density at radius 1 is 0.976 bits per heavy atom. The number of carbonyl (C=O) groups is 3. The summed E-state index contributed by atoms with van der Waals surface area (Å²) in [6.45, 7) is 4.33. The van der Waals surface area contributed by atoms with Crippen molar-refractivity contribution in [3.8, 4) is 6.07 Å². The molecular formula is C35H39N3O4. The van der Waals surface area contributed by atoms with Gasteiger partial charge in [0.1, 0.15) is 6.61 Å². The van der Waals surface area contributed by atoms with Crippen LogP contribution in [0.2, 0.25) is 0 Å². The van der Waals surface area contributed by atoms with E-state index in [9.17, 15) is 19.6 Å². The highest BCUT2D eigenvalue weighted by Crippen LogP contribution is 2.32. The number of piperidine rings is 1. The number of nitriles is 1. The minimum Gasteiger partial charge on any atom is -0.461 e. The van der Waals surface area contributed by atoms with E-state index in [1.54, 1.807) is 24.3 Å². The van der Waals surface area contributed by atoms with E-state index in [1.807, 2.05) is 79.4 Å². The summed E-state index contributed by atoms with van der Waals surface area (Å²) in [4.78, 5) is 42.6. The third-order valence-corrected chi connectivity index (χ3v) is 7.73. The maximum atomic E-state index is 14.0. The van der Waals surface area contributed by atoms with Gasteiger partial charge in [-0.2, -0.15) is 5.26 Å². The van der Waals surface area contributed by atoms with Crippen LogP contribution in [0.15, 0.2) is 84.9 Å². The Hall–Kier alpha value is -4.12. The predicted molar refractivity (Wildman–Crippen MR) is 161 cm³/mol. The smallest absolute Gasteiger partial charge is 0.306 e. The van der Waals surface area contributed by atoms with Gasteiger partial charge in [-0.1, -0.05) is 72.8 Å². The Morgan fingerprint density at radius 2 is 1.60 bits per heavy atom. The number of nitrogens with zero attached hydrogens (tertiary/aromatic N) is 2. The molecule has 1 aliphatic rings. The van der Waals surface area contributed by atoms with Gasteiger partial charge in [0, 0.05) is 23.9 Å². The number of ether oxygens (including phenoxy) is 1. The molecule has 0 bridgehead atoms. The maximum Gasteiger partial charge on any atom is 0.306 e. The van der Waals surface area contributed by atoms with Crippen molar-refractivity contribution in [3.05, 3.63) is 107 Å². The molecule has 7 heteroatoms. The zero-order valence-corrected chi connectivity index (χ0v) is 24.4. The number of carbonyl (C=O) groups excluding carboxylic acids is 3. The topological polar surface area (TPSA) is 113 Å². The second-order valence-electron chi connectivity index (χ2n) is 11.9. The Bertz CT molecular complexity index is 1390. The molecule has 3 unspecified atom stereocenters. The van der Waals surface area contributed by atoms with Crippen LogP contribution in [-0.4, -0.2) is 46.6 Å². The molecule has 42 heavy (non-hydrogen) atoms. The average Bonchev–Trinajstić information content (AvgIpc) is 2.99. The van der Waals surface area contributed by atoms with Crippen molar-refractivity contribution in [3.63, 3.8) is 0 Å². The van der Waals surface area contributed by atoms with Gasteiger partial charge in [0.05, 0.1) is 23.7 Å². The first-order valence-electron chi connectivity index (χ1n) is 14.5. The molecule has 3 atom stereocenters. The summed E-state index contributed by atoms with van der Waals surface area (Å²) in [5.74, 6) is -0.483. The Balaban J connectivity index is 1.57. The number of Topliss-reactive ketones (excluding diaryl/α,β-unsaturated/α-hetero) is 2. The average molecular weight is 566 g/mol. The summed E-state index contributed by atoms with van der Waals surface area (Å²) in [5.41, 5.74) is 8.43. The van der Waals surface area contributed by atoms with Crippen LogP contribution in [0.3, 0.4) is 0 Å². The fourth-order valence-electron chi connectivity index (χ4n) is 5.63. The van der Waals surface area contributed by atoms with E-state index in [0.717, 1.165) is 11.1 Å². The molecule has 1 saturated heterocycles. The number of rotatable bonds is 12. The maximum absolute atomic E-state index is 14.0. The Labute approximate surface area is 248 Å². The van der Waals surface area contributed by atoms with Gasteiger partial charge in [0.15, 0.2) is 11.6 Å². The second kappa shape index (κ2) is 14.2. The van der Waals surface area contributed by atoms with Gasteiger partial charge in [-0.05, 0) is 68.8 Å². The van der Waals surface area contributed by atoms with Crippen molar-refractivity contribution in [2.45, 2.75) is 70.2 Å². The van der Waals surface area contributed by atoms with Crippen molar-refractivity contribution in [1.82, 2.24) is 4.90 Å². The van der Waals surface area contributed by atoms with Crippen LogP contribution in [0, 0.1) is 17.2 Å². The van der Waals surface area contributed by atoms with Crippen LogP contribution in [0.4, 0.5) is 0 Å². The zero-order valence-electron chi connectivity index (χ0n) is 24.4. The first kappa shape index (κ1) is 30.8. The summed E-state index contributed by atoms with van der Waals surface area (Å²) in [7, 11) is 0. The van der Waals surface area contributed by atoms with E-state index in [2.05, 4.69) is 6.07 Å². The molecular weight excluding hydrogens is 526 g/mol. The lowest BCUT2D eigenvalue weighted by atomic mass is 9.81. The van der Waals surface area contributed by atoms with E-state index in [4.69, 9.17) is 10.5 Å². The highest BCUT2D eigenvalue weighted by atomic mass is 16.5. The molecule has 1 fully saturated rings. The molecule has 1 heterocycles. The SMILES string of the molecule is CC(C)(N)CC(=O)C1CC(CC(=O)OCc2ccccc2)CCN1C(Cc1ccccc1)C(=O)c1ccc(C#N)cc1. The summed E-state index contributed by atoms with van der Waals surface area (Å²) in [5, 5.41) is 9.22. The van der Waals surface area contributed by atoms with Crippen LogP contribution >= 0.6 is 0 Å². The van der Waals surface area contributed by atoms with Gasteiger partial charge in [-0.3, -0.25) is 19.3 Å². The minimum atomic E-state index is -0.712. The van der Waals surface area contributed by atoms with Gasteiger partial charge in [-0.25, -0.2) is 0 Å². The quantitative estimate of drug-likeness (QED) is 0.235. The molecule has 3 aromatic carbocycles. The molecule has 218 valence electrons. The molecule has 0 aromatic heterocycles. The number of hydrogen-bond acceptors (Lipinski definition) is 7. The minimum absolute atomic E-state index is 0.0319. The second-order valence-corrected chi connectivity index (χ2v) is 11.9. The molecule has 7 nitrogen and oxygen atoms in total. The number of likely N-dealkylation sites (tertiary alicyclic amines) is 1. The predicted octanol–water partition coefficient (Wildman–Crippen LogP) is 5.26. The normalized spacial score (nSPS) is 18.0. The lowest BCUT2D eigenvalue weighted by Crippen LogP contribution is -2.56. The molecule has 4 rings (SSSR count). The van der Waals surface area contributed by atoms with Crippen molar-refractivity contribution >= 4 is 17.5 Å². The largest absolute Gasteiger partial charge is 0.461 e. The summed E-state index contributed by atoms with van der Waals surface area (Å²) >= 11 is 0. The standard InChI is InChI=1S/C35H39N3O4/c1-35(2,37)22-32(39)30-20-28(21-33(40)42-24-27-11-7-4-8-12-27)17-18-38(30)31(19-25-9-5-3-6-10-25)34(41)29-15-13-26(23-36)14-16-29/h3-16,28,30-31H,17-22,24,37H2,1-2H3. The van der Waals surface area contributed by atoms with Crippen LogP contribution in [0.1, 0.15) is 66.6 Å². The van der Waals surface area contributed by atoms with E-state index >= 15 is 0 Å². The van der Waals surface area contributed by atoms with Crippen LogP contribution < -0.4 is 5.73 Å². The van der Waals surface area contributed by atoms with Crippen molar-refractivity contribution in [2.24, 2.45) is 11.7 Å². The number of benzene rings is 3. The van der Waals surface area contributed by atoms with Crippen molar-refractivity contribution in [1.29, 1.82) is 5.26 Å². The van der Waals surface area contributed by atoms with Gasteiger partial charge < -0.3 is 10.5 Å². The third kappa shape index (κ3) is 8.69. The molecule has 1 aliphatic heterocycles. The summed E-state index contributed by atoms with van der Waals surface area (Å²) in [6, 6.07) is 26.9. The number of hydrogen-bond donors (Lipinski definition) is 1. The van der Waals surface area contributed by atoms with Gasteiger partial charge in [0.25, 0.3) is 0 Å². The first-order chi connectivity index (χ1) is 20.1. The Morgan fingerprint density at radius 3 is 2.19 bits per heavy atom. The molecule has 2 N–H and O–H groups in total. The number of nitrogens with two attached hydrogens (primary N) is 1. The molecule has 0 amide bonds. The fraction of sp³-hybridized carbons (Fsp3) is 0.371. The summed E-state index contributed by atoms with van der Waals surface area (Å²) < 4.78 is 5.54. The van der Waals surface area contributed by atoms with Crippen molar-refractivity contribution < 1.29 is 19.1 Å². The highest BCUT2D eigenvalue weighted by molar-refractivity contribution is 6.01. The lowest BCUT2D eigenvalue weighted by Gasteiger charge is -2.43. The van der Waals surface area contributed by atoms with Crippen LogP contribution in [0.5, 0.6) is 0 Å². The molecule has 0 aliphatic carbocycles.